The molecule has 0 aliphatic carbocycles. The molecular weight excluding hydrogens is 446 g/mol. The van der Waals surface area contributed by atoms with E-state index in [9.17, 15) is 9.59 Å². The second-order valence-electron chi connectivity index (χ2n) is 7.87. The van der Waals surface area contributed by atoms with Crippen LogP contribution in [0.15, 0.2) is 47.3 Å². The first-order valence-corrected chi connectivity index (χ1v) is 11.1. The van der Waals surface area contributed by atoms with Gasteiger partial charge in [-0.25, -0.2) is 4.79 Å². The molecule has 3 aromatic rings. The molecule has 1 fully saturated rings. The number of fused-ring (bicyclic) bond motifs is 1. The van der Waals surface area contributed by atoms with Gasteiger partial charge in [0.25, 0.3) is 5.56 Å². The van der Waals surface area contributed by atoms with Gasteiger partial charge in [0, 0.05) is 40.9 Å². The minimum Gasteiger partial charge on any atom is -0.493 e. The van der Waals surface area contributed by atoms with Crippen LogP contribution in [-0.2, 0) is 11.3 Å². The van der Waals surface area contributed by atoms with Crippen LogP contribution in [0.5, 0.6) is 11.5 Å². The van der Waals surface area contributed by atoms with Crippen molar-refractivity contribution in [1.29, 1.82) is 0 Å². The number of aromatic amines is 1. The van der Waals surface area contributed by atoms with Crippen molar-refractivity contribution < 1.29 is 19.0 Å². The van der Waals surface area contributed by atoms with Gasteiger partial charge in [-0.2, -0.15) is 0 Å². The molecule has 174 valence electrons. The topological polar surface area (TPSA) is 92.9 Å². The van der Waals surface area contributed by atoms with Crippen LogP contribution < -0.4 is 20.3 Å². The Morgan fingerprint density at radius 2 is 2.00 bits per heavy atom. The molecule has 33 heavy (non-hydrogen) atoms. The molecule has 2 amide bonds. The molecule has 0 unspecified atom stereocenters. The standard InChI is InChI=1S/C24H26ClN3O5/c1-31-21-10-15-9-16(23(29)27-20(15)12-22(21)32-2)13-28(14-19-7-4-8-33-19)24(30)26-18-6-3-5-17(25)11-18/h3,5-6,9-12,19H,4,7-8,13-14H2,1-2H3,(H,26,30)(H,27,29)/t19-/m0/s1. The molecule has 1 atom stereocenters. The summed E-state index contributed by atoms with van der Waals surface area (Å²) in [6, 6.07) is 11.9. The number of halogens is 1. The number of ether oxygens (including phenoxy) is 3. The van der Waals surface area contributed by atoms with Gasteiger partial charge in [-0.05, 0) is 43.2 Å². The normalized spacial score (nSPS) is 15.4. The number of anilines is 1. The van der Waals surface area contributed by atoms with Crippen LogP contribution in [0, 0.1) is 0 Å². The zero-order chi connectivity index (χ0) is 23.4. The smallest absolute Gasteiger partial charge is 0.322 e. The van der Waals surface area contributed by atoms with Crippen molar-refractivity contribution in [3.8, 4) is 11.5 Å². The van der Waals surface area contributed by atoms with Crippen molar-refractivity contribution in [2.24, 2.45) is 0 Å². The quantitative estimate of drug-likeness (QED) is 0.532. The average molecular weight is 472 g/mol. The number of hydrogen-bond acceptors (Lipinski definition) is 5. The molecule has 9 heteroatoms. The first-order chi connectivity index (χ1) is 16.0. The van der Waals surface area contributed by atoms with E-state index >= 15 is 0 Å². The molecule has 1 aromatic heterocycles. The lowest BCUT2D eigenvalue weighted by Gasteiger charge is -2.26. The van der Waals surface area contributed by atoms with Crippen molar-refractivity contribution in [2.75, 3.05) is 32.7 Å². The molecule has 2 aromatic carbocycles. The second-order valence-corrected chi connectivity index (χ2v) is 8.31. The van der Waals surface area contributed by atoms with Crippen LogP contribution in [0.2, 0.25) is 5.02 Å². The molecule has 1 saturated heterocycles. The molecule has 0 radical (unpaired) electrons. The Balaban J connectivity index is 1.63. The lowest BCUT2D eigenvalue weighted by atomic mass is 10.1. The lowest BCUT2D eigenvalue weighted by molar-refractivity contribution is 0.0818. The van der Waals surface area contributed by atoms with E-state index < -0.39 is 0 Å². The van der Waals surface area contributed by atoms with Crippen LogP contribution in [0.1, 0.15) is 18.4 Å². The third-order valence-electron chi connectivity index (χ3n) is 5.60. The van der Waals surface area contributed by atoms with E-state index in [1.165, 1.54) is 7.11 Å². The maximum absolute atomic E-state index is 13.1. The van der Waals surface area contributed by atoms with E-state index in [2.05, 4.69) is 10.3 Å². The summed E-state index contributed by atoms with van der Waals surface area (Å²) < 4.78 is 16.4. The van der Waals surface area contributed by atoms with Gasteiger partial charge in [0.2, 0.25) is 0 Å². The first kappa shape index (κ1) is 22.9. The number of pyridine rings is 1. The summed E-state index contributed by atoms with van der Waals surface area (Å²) in [6.07, 6.45) is 1.75. The maximum Gasteiger partial charge on any atom is 0.322 e. The fraction of sp³-hybridized carbons (Fsp3) is 0.333. The molecule has 0 spiro atoms. The van der Waals surface area contributed by atoms with Gasteiger partial charge in [-0.15, -0.1) is 0 Å². The highest BCUT2D eigenvalue weighted by atomic mass is 35.5. The van der Waals surface area contributed by atoms with Crippen LogP contribution in [0.3, 0.4) is 0 Å². The van der Waals surface area contributed by atoms with Crippen LogP contribution in [0.4, 0.5) is 10.5 Å². The Labute approximate surface area is 196 Å². The van der Waals surface area contributed by atoms with Gasteiger partial charge < -0.3 is 29.4 Å². The number of amides is 2. The zero-order valence-electron chi connectivity index (χ0n) is 18.5. The average Bonchev–Trinajstić information content (AvgIpc) is 3.31. The first-order valence-electron chi connectivity index (χ1n) is 10.7. The number of aromatic nitrogens is 1. The van der Waals surface area contributed by atoms with Crippen molar-refractivity contribution >= 4 is 34.2 Å². The Kier molecular flexibility index (Phi) is 7.05. The molecule has 4 rings (SSSR count). The summed E-state index contributed by atoms with van der Waals surface area (Å²) in [5, 5.41) is 4.16. The second kappa shape index (κ2) is 10.1. The highest BCUT2D eigenvalue weighted by molar-refractivity contribution is 6.30. The summed E-state index contributed by atoms with van der Waals surface area (Å²) >= 11 is 6.05. The molecule has 0 saturated carbocycles. The monoisotopic (exact) mass is 471 g/mol. The third kappa shape index (κ3) is 5.40. The highest BCUT2D eigenvalue weighted by Crippen LogP contribution is 2.31. The fourth-order valence-electron chi connectivity index (χ4n) is 3.92. The Hall–Kier alpha value is -3.23. The number of nitrogens with one attached hydrogen (secondary N) is 2. The van der Waals surface area contributed by atoms with Crippen LogP contribution in [-0.4, -0.2) is 49.4 Å². The Morgan fingerprint density at radius 3 is 2.70 bits per heavy atom. The summed E-state index contributed by atoms with van der Waals surface area (Å²) in [6.45, 7) is 1.16. The number of carbonyl (C=O) groups excluding carboxylic acids is 1. The van der Waals surface area contributed by atoms with Crippen molar-refractivity contribution in [1.82, 2.24) is 9.88 Å². The number of H-pyrrole nitrogens is 1. The molecule has 1 aliphatic heterocycles. The van der Waals surface area contributed by atoms with Gasteiger partial charge in [-0.3, -0.25) is 4.79 Å². The highest BCUT2D eigenvalue weighted by Gasteiger charge is 2.24. The molecule has 8 nitrogen and oxygen atoms in total. The van der Waals surface area contributed by atoms with E-state index in [1.54, 1.807) is 54.5 Å². The van der Waals surface area contributed by atoms with E-state index in [4.69, 9.17) is 25.8 Å². The number of rotatable bonds is 7. The maximum atomic E-state index is 13.1. The predicted molar refractivity (Wildman–Crippen MR) is 128 cm³/mol. The van der Waals surface area contributed by atoms with E-state index in [1.807, 2.05) is 0 Å². The summed E-state index contributed by atoms with van der Waals surface area (Å²) in [5.41, 5.74) is 1.38. The van der Waals surface area contributed by atoms with Crippen molar-refractivity contribution in [3.63, 3.8) is 0 Å². The molecule has 0 bridgehead atoms. The van der Waals surface area contributed by atoms with Gasteiger partial charge in [-0.1, -0.05) is 17.7 Å². The van der Waals surface area contributed by atoms with Crippen LogP contribution in [0.25, 0.3) is 10.9 Å². The molecule has 2 N–H and O–H groups in total. The fourth-order valence-corrected chi connectivity index (χ4v) is 4.11. The number of carbonyl (C=O) groups is 1. The van der Waals surface area contributed by atoms with Crippen LogP contribution >= 0.6 is 11.6 Å². The lowest BCUT2D eigenvalue weighted by Crippen LogP contribution is -2.40. The van der Waals surface area contributed by atoms with E-state index in [0.717, 1.165) is 18.2 Å². The number of methoxy groups -OCH3 is 2. The van der Waals surface area contributed by atoms with Gasteiger partial charge in [0.15, 0.2) is 11.5 Å². The summed E-state index contributed by atoms with van der Waals surface area (Å²) in [4.78, 5) is 30.5. The van der Waals surface area contributed by atoms with Crippen molar-refractivity contribution in [2.45, 2.75) is 25.5 Å². The number of benzene rings is 2. The third-order valence-corrected chi connectivity index (χ3v) is 5.83. The van der Waals surface area contributed by atoms with E-state index in [0.29, 0.717) is 46.4 Å². The Bertz CT molecular complexity index is 1210. The van der Waals surface area contributed by atoms with Gasteiger partial charge >= 0.3 is 6.03 Å². The number of urea groups is 1. The minimum atomic E-state index is -0.334. The predicted octanol–water partition coefficient (Wildman–Crippen LogP) is 4.41. The molecule has 2 heterocycles. The van der Waals surface area contributed by atoms with Gasteiger partial charge in [0.1, 0.15) is 0 Å². The van der Waals surface area contributed by atoms with E-state index in [-0.39, 0.29) is 24.2 Å². The minimum absolute atomic E-state index is 0.0704. The van der Waals surface area contributed by atoms with Gasteiger partial charge in [0.05, 0.1) is 32.4 Å². The number of hydrogen-bond donors (Lipinski definition) is 2. The molecule has 1 aliphatic rings. The zero-order valence-corrected chi connectivity index (χ0v) is 19.3. The number of nitrogens with zero attached hydrogens (tertiary/aromatic N) is 1. The SMILES string of the molecule is COc1cc2cc(CN(C[C@@H]3CCCO3)C(=O)Nc3cccc(Cl)c3)c(=O)[nH]c2cc1OC. The largest absolute Gasteiger partial charge is 0.493 e. The van der Waals surface area contributed by atoms with Crippen molar-refractivity contribution in [3.05, 3.63) is 63.4 Å². The summed E-state index contributed by atoms with van der Waals surface area (Å²) in [5.74, 6) is 1.08. The Morgan fingerprint density at radius 1 is 1.21 bits per heavy atom. The summed E-state index contributed by atoms with van der Waals surface area (Å²) in [7, 11) is 3.09. The molecular formula is C24H26ClN3O5.